The Balaban J connectivity index is 1.51. The third-order valence-electron chi connectivity index (χ3n) is 5.42. The van der Waals surface area contributed by atoms with E-state index >= 15 is 0 Å². The second kappa shape index (κ2) is 7.40. The van der Waals surface area contributed by atoms with E-state index in [1.165, 1.54) is 0 Å². The number of ether oxygens (including phenoxy) is 2. The SMILES string of the molecule is Cc1ccoc1-c1cc2c(N[C@@H](c3ccc4c(c3)OCCO4)C(C)C)ncnc2[nH]1. The maximum absolute atomic E-state index is 5.78. The molecule has 0 saturated heterocycles. The molecule has 4 aromatic rings. The monoisotopic (exact) mass is 404 g/mol. The van der Waals surface area contributed by atoms with E-state index in [4.69, 9.17) is 13.9 Å². The van der Waals surface area contributed by atoms with Gasteiger partial charge in [0.1, 0.15) is 31.0 Å². The molecule has 0 spiro atoms. The Morgan fingerprint density at radius 1 is 1.03 bits per heavy atom. The maximum Gasteiger partial charge on any atom is 0.161 e. The predicted molar refractivity (Wildman–Crippen MR) is 115 cm³/mol. The van der Waals surface area contributed by atoms with Crippen molar-refractivity contribution in [3.05, 3.63) is 54.0 Å². The Hall–Kier alpha value is -3.48. The van der Waals surface area contributed by atoms with Crippen LogP contribution in [0.5, 0.6) is 11.5 Å². The first-order valence-corrected chi connectivity index (χ1v) is 10.1. The fourth-order valence-corrected chi connectivity index (χ4v) is 3.86. The molecule has 30 heavy (non-hydrogen) atoms. The van der Waals surface area contributed by atoms with Gasteiger partial charge in [0.05, 0.1) is 23.4 Å². The lowest BCUT2D eigenvalue weighted by atomic mass is 9.95. The number of anilines is 1. The first kappa shape index (κ1) is 18.5. The van der Waals surface area contributed by atoms with Gasteiger partial charge in [0.15, 0.2) is 17.3 Å². The molecule has 1 aliphatic heterocycles. The van der Waals surface area contributed by atoms with Crippen LogP contribution in [0, 0.1) is 12.8 Å². The summed E-state index contributed by atoms with van der Waals surface area (Å²) in [5, 5.41) is 4.54. The number of hydrogen-bond donors (Lipinski definition) is 2. The molecule has 7 heteroatoms. The molecule has 7 nitrogen and oxygen atoms in total. The quantitative estimate of drug-likeness (QED) is 0.481. The largest absolute Gasteiger partial charge is 0.486 e. The van der Waals surface area contributed by atoms with E-state index < -0.39 is 0 Å². The Morgan fingerprint density at radius 3 is 2.63 bits per heavy atom. The molecule has 4 heterocycles. The summed E-state index contributed by atoms with van der Waals surface area (Å²) in [5.74, 6) is 3.49. The van der Waals surface area contributed by atoms with Gasteiger partial charge in [-0.05, 0) is 48.2 Å². The summed E-state index contributed by atoms with van der Waals surface area (Å²) in [7, 11) is 0. The fourth-order valence-electron chi connectivity index (χ4n) is 3.86. The average molecular weight is 404 g/mol. The Kier molecular flexibility index (Phi) is 4.58. The van der Waals surface area contributed by atoms with Gasteiger partial charge in [-0.2, -0.15) is 0 Å². The highest BCUT2D eigenvalue weighted by Crippen LogP contribution is 2.37. The minimum absolute atomic E-state index is 0.0441. The molecule has 0 aliphatic carbocycles. The van der Waals surface area contributed by atoms with Gasteiger partial charge in [0, 0.05) is 0 Å². The summed E-state index contributed by atoms with van der Waals surface area (Å²) in [6, 6.07) is 10.1. The van der Waals surface area contributed by atoms with Crippen LogP contribution in [-0.4, -0.2) is 28.2 Å². The number of furan rings is 1. The molecule has 1 aromatic carbocycles. The first-order valence-electron chi connectivity index (χ1n) is 10.1. The molecule has 3 aromatic heterocycles. The van der Waals surface area contributed by atoms with Crippen molar-refractivity contribution in [2.45, 2.75) is 26.8 Å². The Morgan fingerprint density at radius 2 is 1.87 bits per heavy atom. The van der Waals surface area contributed by atoms with Gasteiger partial charge < -0.3 is 24.2 Å². The number of hydrogen-bond acceptors (Lipinski definition) is 6. The van der Waals surface area contributed by atoms with Crippen LogP contribution in [-0.2, 0) is 0 Å². The van der Waals surface area contributed by atoms with Crippen LogP contribution in [0.15, 0.2) is 47.3 Å². The molecule has 1 aliphatic rings. The summed E-state index contributed by atoms with van der Waals surface area (Å²) >= 11 is 0. The molecule has 0 amide bonds. The summed E-state index contributed by atoms with van der Waals surface area (Å²) < 4.78 is 17.1. The van der Waals surface area contributed by atoms with Gasteiger partial charge in [0.25, 0.3) is 0 Å². The van der Waals surface area contributed by atoms with E-state index in [0.29, 0.717) is 19.1 Å². The number of aromatic amines is 1. The second-order valence-electron chi connectivity index (χ2n) is 7.87. The molecular weight excluding hydrogens is 380 g/mol. The van der Waals surface area contributed by atoms with Gasteiger partial charge >= 0.3 is 0 Å². The number of aromatic nitrogens is 3. The highest BCUT2D eigenvalue weighted by Gasteiger charge is 2.22. The van der Waals surface area contributed by atoms with E-state index in [2.05, 4.69) is 46.2 Å². The number of rotatable bonds is 5. The zero-order valence-electron chi connectivity index (χ0n) is 17.2. The lowest BCUT2D eigenvalue weighted by Crippen LogP contribution is -2.19. The summed E-state index contributed by atoms with van der Waals surface area (Å²) in [6.45, 7) is 7.54. The van der Waals surface area contributed by atoms with Crippen molar-refractivity contribution in [3.63, 3.8) is 0 Å². The van der Waals surface area contributed by atoms with Crippen molar-refractivity contribution in [2.24, 2.45) is 5.92 Å². The van der Waals surface area contributed by atoms with E-state index in [0.717, 1.165) is 50.9 Å². The predicted octanol–water partition coefficient (Wildman–Crippen LogP) is 5.11. The Labute approximate surface area is 174 Å². The highest BCUT2D eigenvalue weighted by atomic mass is 16.6. The van der Waals surface area contributed by atoms with E-state index in [1.54, 1.807) is 12.6 Å². The van der Waals surface area contributed by atoms with Crippen molar-refractivity contribution >= 4 is 16.9 Å². The Bertz CT molecular complexity index is 1190. The molecule has 1 atom stereocenters. The summed E-state index contributed by atoms with van der Waals surface area (Å²) in [5.41, 5.74) is 3.85. The number of nitrogens with zero attached hydrogens (tertiary/aromatic N) is 2. The van der Waals surface area contributed by atoms with Crippen LogP contribution >= 0.6 is 0 Å². The van der Waals surface area contributed by atoms with Crippen LogP contribution in [0.1, 0.15) is 31.0 Å². The fraction of sp³-hybridized carbons (Fsp3) is 0.304. The van der Waals surface area contributed by atoms with E-state index in [9.17, 15) is 0 Å². The first-order chi connectivity index (χ1) is 14.6. The van der Waals surface area contributed by atoms with Crippen molar-refractivity contribution in [1.29, 1.82) is 0 Å². The number of nitrogens with one attached hydrogen (secondary N) is 2. The van der Waals surface area contributed by atoms with Crippen LogP contribution in [0.2, 0.25) is 0 Å². The molecule has 2 N–H and O–H groups in total. The van der Waals surface area contributed by atoms with Crippen LogP contribution in [0.3, 0.4) is 0 Å². The van der Waals surface area contributed by atoms with Crippen molar-refractivity contribution < 1.29 is 13.9 Å². The maximum atomic E-state index is 5.78. The third kappa shape index (κ3) is 3.26. The molecule has 0 unspecified atom stereocenters. The number of fused-ring (bicyclic) bond motifs is 2. The molecular formula is C23H24N4O3. The summed E-state index contributed by atoms with van der Waals surface area (Å²) in [6.07, 6.45) is 3.26. The van der Waals surface area contributed by atoms with Gasteiger partial charge in [0.2, 0.25) is 0 Å². The van der Waals surface area contributed by atoms with Gasteiger partial charge in [-0.25, -0.2) is 9.97 Å². The molecule has 0 saturated carbocycles. The number of aryl methyl sites for hydroxylation is 1. The minimum atomic E-state index is 0.0441. The standard InChI is InChI=1S/C23H24N4O3/c1-13(2)20(15-4-5-18-19(10-15)29-9-8-28-18)27-23-16-11-17(21-14(3)6-7-30-21)26-22(16)24-12-25-23/h4-7,10-13,20H,8-9H2,1-3H3,(H2,24,25,26,27)/t20-/m1/s1. The third-order valence-corrected chi connectivity index (χ3v) is 5.42. The summed E-state index contributed by atoms with van der Waals surface area (Å²) in [4.78, 5) is 12.3. The molecule has 0 fully saturated rings. The minimum Gasteiger partial charge on any atom is -0.486 e. The normalized spacial score (nSPS) is 14.3. The zero-order chi connectivity index (χ0) is 20.7. The lowest BCUT2D eigenvalue weighted by Gasteiger charge is -2.26. The average Bonchev–Trinajstić information content (AvgIpc) is 3.37. The zero-order valence-corrected chi connectivity index (χ0v) is 17.2. The number of H-pyrrole nitrogens is 1. The smallest absolute Gasteiger partial charge is 0.161 e. The van der Waals surface area contributed by atoms with Crippen LogP contribution < -0.4 is 14.8 Å². The highest BCUT2D eigenvalue weighted by molar-refractivity contribution is 5.91. The van der Waals surface area contributed by atoms with Crippen molar-refractivity contribution in [2.75, 3.05) is 18.5 Å². The van der Waals surface area contributed by atoms with Crippen molar-refractivity contribution in [3.8, 4) is 23.0 Å². The van der Waals surface area contributed by atoms with E-state index in [-0.39, 0.29) is 6.04 Å². The van der Waals surface area contributed by atoms with Gasteiger partial charge in [-0.15, -0.1) is 0 Å². The molecule has 0 bridgehead atoms. The van der Waals surface area contributed by atoms with Crippen molar-refractivity contribution in [1.82, 2.24) is 15.0 Å². The molecule has 0 radical (unpaired) electrons. The van der Waals surface area contributed by atoms with Crippen LogP contribution in [0.25, 0.3) is 22.5 Å². The second-order valence-corrected chi connectivity index (χ2v) is 7.87. The van der Waals surface area contributed by atoms with Gasteiger partial charge in [-0.1, -0.05) is 19.9 Å². The molecule has 154 valence electrons. The van der Waals surface area contributed by atoms with E-state index in [1.807, 2.05) is 25.1 Å². The van der Waals surface area contributed by atoms with Gasteiger partial charge in [-0.3, -0.25) is 0 Å². The number of benzene rings is 1. The lowest BCUT2D eigenvalue weighted by molar-refractivity contribution is 0.171. The topological polar surface area (TPSA) is 85.2 Å². The molecule has 5 rings (SSSR count). The van der Waals surface area contributed by atoms with Crippen LogP contribution in [0.4, 0.5) is 5.82 Å².